The molecule has 0 aliphatic carbocycles. The quantitative estimate of drug-likeness (QED) is 0.762. The molecule has 1 saturated heterocycles. The minimum Gasteiger partial charge on any atom is -0.363 e. The van der Waals surface area contributed by atoms with Crippen LogP contribution in [0.3, 0.4) is 0 Å². The molecule has 1 aromatic heterocycles. The average molecular weight is 220 g/mol. The standard InChI is InChI=1S/C12H20N4/c1-10-6-4-5-7-16(10)12-8-11(15(2)3)13-9-14-12/h8-10H,4-7H2,1-3H3. The van der Waals surface area contributed by atoms with Crippen LogP contribution in [0.1, 0.15) is 26.2 Å². The highest BCUT2D eigenvalue weighted by molar-refractivity contribution is 5.50. The Morgan fingerprint density at radius 3 is 2.81 bits per heavy atom. The maximum Gasteiger partial charge on any atom is 0.134 e. The molecule has 1 aromatic rings. The number of piperidine rings is 1. The molecule has 1 aliphatic rings. The minimum absolute atomic E-state index is 0.596. The van der Waals surface area contributed by atoms with Gasteiger partial charge in [-0.05, 0) is 26.2 Å². The Morgan fingerprint density at radius 1 is 1.31 bits per heavy atom. The molecule has 0 saturated carbocycles. The van der Waals surface area contributed by atoms with Crippen molar-refractivity contribution < 1.29 is 0 Å². The van der Waals surface area contributed by atoms with Gasteiger partial charge in [-0.3, -0.25) is 0 Å². The van der Waals surface area contributed by atoms with Gasteiger partial charge in [0, 0.05) is 32.7 Å². The van der Waals surface area contributed by atoms with Crippen molar-refractivity contribution in [3.05, 3.63) is 12.4 Å². The lowest BCUT2D eigenvalue weighted by molar-refractivity contribution is 0.481. The van der Waals surface area contributed by atoms with E-state index >= 15 is 0 Å². The molecule has 0 bridgehead atoms. The number of rotatable bonds is 2. The van der Waals surface area contributed by atoms with Gasteiger partial charge in [0.2, 0.25) is 0 Å². The molecule has 0 spiro atoms. The second-order valence-electron chi connectivity index (χ2n) is 4.67. The maximum atomic E-state index is 4.38. The van der Waals surface area contributed by atoms with Crippen LogP contribution >= 0.6 is 0 Å². The fraction of sp³-hybridized carbons (Fsp3) is 0.667. The summed E-state index contributed by atoms with van der Waals surface area (Å²) in [7, 11) is 4.01. The second kappa shape index (κ2) is 4.68. The molecule has 0 aromatic carbocycles. The first kappa shape index (κ1) is 11.2. The molecule has 4 heteroatoms. The Labute approximate surface area is 97.3 Å². The molecule has 1 unspecified atom stereocenters. The summed E-state index contributed by atoms with van der Waals surface area (Å²) in [6, 6.07) is 2.67. The Morgan fingerprint density at radius 2 is 2.12 bits per heavy atom. The summed E-state index contributed by atoms with van der Waals surface area (Å²) < 4.78 is 0. The Balaban J connectivity index is 2.21. The van der Waals surface area contributed by atoms with Crippen molar-refractivity contribution in [2.24, 2.45) is 0 Å². The highest BCUT2D eigenvalue weighted by atomic mass is 15.2. The van der Waals surface area contributed by atoms with Gasteiger partial charge in [0.05, 0.1) is 0 Å². The first-order valence-electron chi connectivity index (χ1n) is 5.94. The van der Waals surface area contributed by atoms with Gasteiger partial charge in [-0.15, -0.1) is 0 Å². The van der Waals surface area contributed by atoms with Crippen LogP contribution in [0.25, 0.3) is 0 Å². The van der Waals surface area contributed by atoms with E-state index in [0.717, 1.165) is 18.2 Å². The van der Waals surface area contributed by atoms with Crippen LogP contribution in [0.15, 0.2) is 12.4 Å². The van der Waals surface area contributed by atoms with E-state index in [1.807, 2.05) is 19.0 Å². The highest BCUT2D eigenvalue weighted by Gasteiger charge is 2.19. The van der Waals surface area contributed by atoms with Crippen molar-refractivity contribution in [1.29, 1.82) is 0 Å². The van der Waals surface area contributed by atoms with E-state index in [1.165, 1.54) is 19.3 Å². The van der Waals surface area contributed by atoms with E-state index < -0.39 is 0 Å². The van der Waals surface area contributed by atoms with E-state index in [2.05, 4.69) is 27.9 Å². The molecular formula is C12H20N4. The van der Waals surface area contributed by atoms with Crippen LogP contribution in [-0.4, -0.2) is 36.6 Å². The third-order valence-corrected chi connectivity index (χ3v) is 3.19. The second-order valence-corrected chi connectivity index (χ2v) is 4.67. The summed E-state index contributed by atoms with van der Waals surface area (Å²) in [6.07, 6.45) is 5.53. The van der Waals surface area contributed by atoms with E-state index in [1.54, 1.807) is 6.33 Å². The summed E-state index contributed by atoms with van der Waals surface area (Å²) >= 11 is 0. The first-order chi connectivity index (χ1) is 7.68. The third-order valence-electron chi connectivity index (χ3n) is 3.19. The molecule has 1 aliphatic heterocycles. The molecule has 0 radical (unpaired) electrons. The van der Waals surface area contributed by atoms with Gasteiger partial charge in [0.25, 0.3) is 0 Å². The zero-order chi connectivity index (χ0) is 11.5. The lowest BCUT2D eigenvalue weighted by atomic mass is 10.0. The van der Waals surface area contributed by atoms with Crippen LogP contribution in [0.4, 0.5) is 11.6 Å². The first-order valence-corrected chi connectivity index (χ1v) is 5.94. The van der Waals surface area contributed by atoms with Crippen LogP contribution in [0, 0.1) is 0 Å². The van der Waals surface area contributed by atoms with Crippen molar-refractivity contribution in [2.45, 2.75) is 32.2 Å². The van der Waals surface area contributed by atoms with Crippen LogP contribution < -0.4 is 9.80 Å². The predicted molar refractivity (Wildman–Crippen MR) is 67.0 cm³/mol. The van der Waals surface area contributed by atoms with E-state index in [0.29, 0.717) is 6.04 Å². The lowest BCUT2D eigenvalue weighted by Crippen LogP contribution is -2.38. The molecule has 2 heterocycles. The fourth-order valence-electron chi connectivity index (χ4n) is 2.18. The molecule has 2 rings (SSSR count). The SMILES string of the molecule is CC1CCCCN1c1cc(N(C)C)ncn1. The van der Waals surface area contributed by atoms with Gasteiger partial charge in [-0.1, -0.05) is 0 Å². The molecule has 0 N–H and O–H groups in total. The summed E-state index contributed by atoms with van der Waals surface area (Å²) in [5, 5.41) is 0. The van der Waals surface area contributed by atoms with Gasteiger partial charge in [0.15, 0.2) is 0 Å². The van der Waals surface area contributed by atoms with Crippen molar-refractivity contribution in [1.82, 2.24) is 9.97 Å². The van der Waals surface area contributed by atoms with E-state index in [4.69, 9.17) is 0 Å². The molecule has 4 nitrogen and oxygen atoms in total. The van der Waals surface area contributed by atoms with Crippen LogP contribution in [-0.2, 0) is 0 Å². The van der Waals surface area contributed by atoms with Gasteiger partial charge in [-0.25, -0.2) is 9.97 Å². The van der Waals surface area contributed by atoms with Gasteiger partial charge >= 0.3 is 0 Å². The fourth-order valence-corrected chi connectivity index (χ4v) is 2.18. The Bertz CT molecular complexity index is 351. The molecule has 1 atom stereocenters. The monoisotopic (exact) mass is 220 g/mol. The highest BCUT2D eigenvalue weighted by Crippen LogP contribution is 2.24. The molecule has 88 valence electrons. The number of aromatic nitrogens is 2. The third kappa shape index (κ3) is 2.26. The average Bonchev–Trinajstić information content (AvgIpc) is 2.30. The molecular weight excluding hydrogens is 200 g/mol. The molecule has 0 amide bonds. The van der Waals surface area contributed by atoms with Crippen molar-refractivity contribution >= 4 is 11.6 Å². The van der Waals surface area contributed by atoms with Crippen molar-refractivity contribution in [2.75, 3.05) is 30.4 Å². The maximum absolute atomic E-state index is 4.38. The van der Waals surface area contributed by atoms with Gasteiger partial charge in [0.1, 0.15) is 18.0 Å². The van der Waals surface area contributed by atoms with Crippen LogP contribution in [0.2, 0.25) is 0 Å². The van der Waals surface area contributed by atoms with Gasteiger partial charge < -0.3 is 9.80 Å². The summed E-state index contributed by atoms with van der Waals surface area (Å²) in [5.41, 5.74) is 0. The molecule has 16 heavy (non-hydrogen) atoms. The number of anilines is 2. The summed E-state index contributed by atoms with van der Waals surface area (Å²) in [4.78, 5) is 13.0. The number of hydrogen-bond donors (Lipinski definition) is 0. The topological polar surface area (TPSA) is 32.3 Å². The van der Waals surface area contributed by atoms with E-state index in [-0.39, 0.29) is 0 Å². The van der Waals surface area contributed by atoms with E-state index in [9.17, 15) is 0 Å². The van der Waals surface area contributed by atoms with Crippen molar-refractivity contribution in [3.8, 4) is 0 Å². The van der Waals surface area contributed by atoms with Crippen molar-refractivity contribution in [3.63, 3.8) is 0 Å². The Hall–Kier alpha value is -1.32. The van der Waals surface area contributed by atoms with Crippen LogP contribution in [0.5, 0.6) is 0 Å². The number of hydrogen-bond acceptors (Lipinski definition) is 4. The predicted octanol–water partition coefficient (Wildman–Crippen LogP) is 1.92. The summed E-state index contributed by atoms with van der Waals surface area (Å²) in [5.74, 6) is 2.04. The largest absolute Gasteiger partial charge is 0.363 e. The lowest BCUT2D eigenvalue weighted by Gasteiger charge is -2.34. The normalized spacial score (nSPS) is 20.9. The molecule has 1 fully saturated rings. The minimum atomic E-state index is 0.596. The van der Waals surface area contributed by atoms with Gasteiger partial charge in [-0.2, -0.15) is 0 Å². The zero-order valence-corrected chi connectivity index (χ0v) is 10.3. The summed E-state index contributed by atoms with van der Waals surface area (Å²) in [6.45, 7) is 3.39. The zero-order valence-electron chi connectivity index (χ0n) is 10.3. The Kier molecular flexibility index (Phi) is 3.27. The smallest absolute Gasteiger partial charge is 0.134 e. The number of nitrogens with zero attached hydrogens (tertiary/aromatic N) is 4.